The van der Waals surface area contributed by atoms with Gasteiger partial charge in [-0.25, -0.2) is 9.97 Å². The highest BCUT2D eigenvalue weighted by molar-refractivity contribution is 5.88. The first kappa shape index (κ1) is 28.0. The standard InChI is InChI=1S/C34H43N5O/c1-5-6-16-31-37-33-24(2)32(28-12-8-7-9-13-28)25(3)35-34(33)39(31)20-11-19-38-21-17-27(18-22-38)29-14-10-15-30(23-29)36-26(4)40/h7-10,12-15,23,27H,5-6,11,16-22H2,1-4H3,(H,36,40). The fraction of sp³-hybridized carbons (Fsp3) is 0.441. The maximum atomic E-state index is 11.5. The first-order chi connectivity index (χ1) is 19.4. The van der Waals surface area contributed by atoms with Crippen LogP contribution in [-0.2, 0) is 17.8 Å². The van der Waals surface area contributed by atoms with E-state index in [1.54, 1.807) is 6.92 Å². The van der Waals surface area contributed by atoms with E-state index in [1.165, 1.54) is 28.1 Å². The number of aromatic nitrogens is 3. The summed E-state index contributed by atoms with van der Waals surface area (Å²) >= 11 is 0. The molecule has 0 bridgehead atoms. The SMILES string of the molecule is CCCCc1nc2c(C)c(-c3ccccc3)c(C)nc2n1CCCN1CCC(c2cccc(NC(C)=O)c2)CC1. The number of fused-ring (bicyclic) bond motifs is 1. The minimum Gasteiger partial charge on any atom is -0.326 e. The summed E-state index contributed by atoms with van der Waals surface area (Å²) in [4.78, 5) is 24.4. The highest BCUT2D eigenvalue weighted by Gasteiger charge is 2.22. The number of aryl methyl sites for hydroxylation is 4. The second-order valence-corrected chi connectivity index (χ2v) is 11.3. The number of carbonyl (C=O) groups excluding carboxylic acids is 1. The Morgan fingerprint density at radius 1 is 0.975 bits per heavy atom. The third kappa shape index (κ3) is 6.28. The minimum absolute atomic E-state index is 0.0207. The van der Waals surface area contributed by atoms with Gasteiger partial charge in [0.15, 0.2) is 5.65 Å². The largest absolute Gasteiger partial charge is 0.326 e. The van der Waals surface area contributed by atoms with E-state index in [-0.39, 0.29) is 5.91 Å². The Labute approximate surface area is 238 Å². The number of carbonyl (C=O) groups is 1. The zero-order chi connectivity index (χ0) is 28.1. The van der Waals surface area contributed by atoms with E-state index < -0.39 is 0 Å². The van der Waals surface area contributed by atoms with Crippen LogP contribution in [0.3, 0.4) is 0 Å². The van der Waals surface area contributed by atoms with Crippen LogP contribution in [0.1, 0.15) is 74.5 Å². The summed E-state index contributed by atoms with van der Waals surface area (Å²) in [6.45, 7) is 12.4. The van der Waals surface area contributed by atoms with Crippen LogP contribution in [0.15, 0.2) is 54.6 Å². The lowest BCUT2D eigenvalue weighted by Gasteiger charge is -2.32. The smallest absolute Gasteiger partial charge is 0.221 e. The molecular weight excluding hydrogens is 494 g/mol. The first-order valence-corrected chi connectivity index (χ1v) is 15.0. The number of anilines is 1. The zero-order valence-electron chi connectivity index (χ0n) is 24.5. The van der Waals surface area contributed by atoms with Gasteiger partial charge in [0.05, 0.1) is 0 Å². The predicted molar refractivity (Wildman–Crippen MR) is 165 cm³/mol. The summed E-state index contributed by atoms with van der Waals surface area (Å²) in [5, 5.41) is 2.92. The summed E-state index contributed by atoms with van der Waals surface area (Å²) in [6, 6.07) is 18.9. The average Bonchev–Trinajstić information content (AvgIpc) is 3.30. The maximum absolute atomic E-state index is 11.5. The lowest BCUT2D eigenvalue weighted by atomic mass is 9.89. The van der Waals surface area contributed by atoms with Crippen LogP contribution in [0.2, 0.25) is 0 Å². The molecule has 0 unspecified atom stereocenters. The molecule has 5 rings (SSSR count). The normalized spacial score (nSPS) is 14.6. The van der Waals surface area contributed by atoms with E-state index in [0.717, 1.165) is 87.2 Å². The van der Waals surface area contributed by atoms with Gasteiger partial charge in [-0.1, -0.05) is 55.8 Å². The minimum atomic E-state index is -0.0207. The number of rotatable bonds is 10. The van der Waals surface area contributed by atoms with Crippen molar-refractivity contribution in [3.8, 4) is 11.1 Å². The van der Waals surface area contributed by atoms with Crippen molar-refractivity contribution in [1.29, 1.82) is 0 Å². The van der Waals surface area contributed by atoms with Crippen LogP contribution in [0.5, 0.6) is 0 Å². The number of unbranched alkanes of at least 4 members (excludes halogenated alkanes) is 1. The van der Waals surface area contributed by atoms with Gasteiger partial charge in [0.2, 0.25) is 5.91 Å². The lowest BCUT2D eigenvalue weighted by Crippen LogP contribution is -2.34. The van der Waals surface area contributed by atoms with Crippen molar-refractivity contribution >= 4 is 22.8 Å². The third-order valence-corrected chi connectivity index (χ3v) is 8.32. The van der Waals surface area contributed by atoms with Gasteiger partial charge in [0.25, 0.3) is 0 Å². The van der Waals surface area contributed by atoms with Gasteiger partial charge in [-0.15, -0.1) is 0 Å². The summed E-state index contributed by atoms with van der Waals surface area (Å²) < 4.78 is 2.40. The first-order valence-electron chi connectivity index (χ1n) is 15.0. The summed E-state index contributed by atoms with van der Waals surface area (Å²) in [7, 11) is 0. The van der Waals surface area contributed by atoms with Gasteiger partial charge in [-0.05, 0) is 93.9 Å². The van der Waals surface area contributed by atoms with Crippen molar-refractivity contribution in [1.82, 2.24) is 19.4 Å². The Balaban J connectivity index is 1.26. The van der Waals surface area contributed by atoms with E-state index >= 15 is 0 Å². The molecule has 1 aliphatic rings. The number of piperidine rings is 1. The molecule has 210 valence electrons. The van der Waals surface area contributed by atoms with Crippen molar-refractivity contribution in [3.63, 3.8) is 0 Å². The van der Waals surface area contributed by atoms with E-state index in [0.29, 0.717) is 5.92 Å². The van der Waals surface area contributed by atoms with Crippen LogP contribution >= 0.6 is 0 Å². The number of benzene rings is 2. The Morgan fingerprint density at radius 3 is 2.48 bits per heavy atom. The molecule has 4 aromatic rings. The molecule has 1 amide bonds. The van der Waals surface area contributed by atoms with Gasteiger partial charge in [-0.2, -0.15) is 0 Å². The highest BCUT2D eigenvalue weighted by Crippen LogP contribution is 2.32. The molecule has 0 aliphatic carbocycles. The predicted octanol–water partition coefficient (Wildman–Crippen LogP) is 7.29. The summed E-state index contributed by atoms with van der Waals surface area (Å²) in [5.74, 6) is 1.71. The second-order valence-electron chi connectivity index (χ2n) is 11.3. The molecule has 1 saturated heterocycles. The molecule has 6 heteroatoms. The van der Waals surface area contributed by atoms with Crippen molar-refractivity contribution in [2.45, 2.75) is 78.7 Å². The Bertz CT molecular complexity index is 1450. The average molecular weight is 538 g/mol. The Kier molecular flexibility index (Phi) is 8.95. The topological polar surface area (TPSA) is 63.1 Å². The molecule has 3 heterocycles. The number of hydrogen-bond donors (Lipinski definition) is 1. The van der Waals surface area contributed by atoms with E-state index in [9.17, 15) is 4.79 Å². The number of pyridine rings is 1. The maximum Gasteiger partial charge on any atom is 0.221 e. The van der Waals surface area contributed by atoms with Crippen LogP contribution in [-0.4, -0.2) is 45.0 Å². The number of nitrogens with zero attached hydrogens (tertiary/aromatic N) is 4. The van der Waals surface area contributed by atoms with Crippen molar-refractivity contribution < 1.29 is 4.79 Å². The zero-order valence-corrected chi connectivity index (χ0v) is 24.5. The number of nitrogens with one attached hydrogen (secondary N) is 1. The number of likely N-dealkylation sites (tertiary alicyclic amines) is 1. The molecule has 1 N–H and O–H groups in total. The Morgan fingerprint density at radius 2 is 1.75 bits per heavy atom. The van der Waals surface area contributed by atoms with Gasteiger partial charge in [0.1, 0.15) is 11.3 Å². The fourth-order valence-corrected chi connectivity index (χ4v) is 6.27. The monoisotopic (exact) mass is 537 g/mol. The van der Waals surface area contributed by atoms with E-state index in [4.69, 9.17) is 9.97 Å². The molecule has 0 saturated carbocycles. The second kappa shape index (κ2) is 12.8. The number of imidazole rings is 1. The summed E-state index contributed by atoms with van der Waals surface area (Å²) in [6.07, 6.45) is 6.70. The molecule has 1 fully saturated rings. The molecule has 1 aliphatic heterocycles. The van der Waals surface area contributed by atoms with Crippen molar-refractivity contribution in [3.05, 3.63) is 77.2 Å². The lowest BCUT2D eigenvalue weighted by molar-refractivity contribution is -0.114. The molecular formula is C34H43N5O. The molecule has 6 nitrogen and oxygen atoms in total. The molecule has 2 aromatic heterocycles. The highest BCUT2D eigenvalue weighted by atomic mass is 16.1. The molecule has 0 atom stereocenters. The molecule has 0 radical (unpaired) electrons. The number of hydrogen-bond acceptors (Lipinski definition) is 4. The molecule has 0 spiro atoms. The molecule has 2 aromatic carbocycles. The van der Waals surface area contributed by atoms with E-state index in [1.807, 2.05) is 6.07 Å². The van der Waals surface area contributed by atoms with Crippen LogP contribution in [0.25, 0.3) is 22.3 Å². The quantitative estimate of drug-likeness (QED) is 0.231. The third-order valence-electron chi connectivity index (χ3n) is 8.32. The van der Waals surface area contributed by atoms with Crippen molar-refractivity contribution in [2.75, 3.05) is 25.0 Å². The summed E-state index contributed by atoms with van der Waals surface area (Å²) in [5.41, 5.74) is 9.05. The van der Waals surface area contributed by atoms with Crippen LogP contribution in [0.4, 0.5) is 5.69 Å². The fourth-order valence-electron chi connectivity index (χ4n) is 6.27. The van der Waals surface area contributed by atoms with Gasteiger partial charge in [0, 0.05) is 36.8 Å². The van der Waals surface area contributed by atoms with Gasteiger partial charge < -0.3 is 14.8 Å². The van der Waals surface area contributed by atoms with E-state index in [2.05, 4.69) is 84.1 Å². The van der Waals surface area contributed by atoms with Gasteiger partial charge in [-0.3, -0.25) is 4.79 Å². The van der Waals surface area contributed by atoms with Crippen LogP contribution in [0, 0.1) is 13.8 Å². The van der Waals surface area contributed by atoms with Gasteiger partial charge >= 0.3 is 0 Å². The number of amides is 1. The Hall–Kier alpha value is -3.51. The molecule has 40 heavy (non-hydrogen) atoms. The van der Waals surface area contributed by atoms with Crippen LogP contribution < -0.4 is 5.32 Å². The van der Waals surface area contributed by atoms with Crippen molar-refractivity contribution in [2.24, 2.45) is 0 Å².